The van der Waals surface area contributed by atoms with Gasteiger partial charge >= 0.3 is 0 Å². The molecule has 1 heterocycles. The number of rotatable bonds is 5. The maximum Gasteiger partial charge on any atom is 0.225 e. The fraction of sp³-hybridized carbons (Fsp3) is 0.500. The third-order valence-corrected chi connectivity index (χ3v) is 3.27. The summed E-state index contributed by atoms with van der Waals surface area (Å²) in [5, 5.41) is 2.58. The lowest BCUT2D eigenvalue weighted by Gasteiger charge is -2.25. The predicted octanol–water partition coefficient (Wildman–Crippen LogP) is 2.12. The molecule has 0 bridgehead atoms. The lowest BCUT2D eigenvalue weighted by atomic mass is 10.1. The van der Waals surface area contributed by atoms with E-state index in [1.54, 1.807) is 0 Å². The Hall–Kier alpha value is -1.53. The van der Waals surface area contributed by atoms with E-state index in [9.17, 15) is 13.6 Å². The highest BCUT2D eigenvalue weighted by Gasteiger charge is 2.36. The molecule has 1 aliphatic rings. The summed E-state index contributed by atoms with van der Waals surface area (Å²) in [6.45, 7) is 2.81. The average molecular weight is 285 g/mol. The largest absolute Gasteiger partial charge is 0.352 e. The molecule has 0 saturated carbocycles. The summed E-state index contributed by atoms with van der Waals surface area (Å²) in [6.07, 6.45) is 0.623. The number of ether oxygens (including phenoxy) is 2. The summed E-state index contributed by atoms with van der Waals surface area (Å²) >= 11 is 0. The topological polar surface area (TPSA) is 47.6 Å². The molecule has 1 aromatic rings. The van der Waals surface area contributed by atoms with E-state index in [0.29, 0.717) is 19.6 Å². The summed E-state index contributed by atoms with van der Waals surface area (Å²) in [5.74, 6) is -2.48. The van der Waals surface area contributed by atoms with Crippen LogP contribution in [0.25, 0.3) is 0 Å². The Morgan fingerprint density at radius 1 is 1.35 bits per heavy atom. The molecule has 1 aliphatic heterocycles. The van der Waals surface area contributed by atoms with Crippen LogP contribution in [0.3, 0.4) is 0 Å². The molecule has 0 aliphatic carbocycles. The van der Waals surface area contributed by atoms with E-state index >= 15 is 0 Å². The number of halogens is 2. The lowest BCUT2D eigenvalue weighted by molar-refractivity contribution is -0.171. The second-order valence-electron chi connectivity index (χ2n) is 4.65. The van der Waals surface area contributed by atoms with Gasteiger partial charge < -0.3 is 14.8 Å². The standard InChI is InChI=1S/C14H17F2NO3/c1-2-14(19-5-6-20-14)8-13(18)17-9-10-3-4-11(15)7-12(10)16/h3-4,7H,2,5-6,8-9H2,1H3,(H,17,18). The Morgan fingerprint density at radius 3 is 2.65 bits per heavy atom. The van der Waals surface area contributed by atoms with Crippen LogP contribution < -0.4 is 5.32 Å². The molecule has 0 spiro atoms. The van der Waals surface area contributed by atoms with Gasteiger partial charge in [-0.05, 0) is 12.5 Å². The van der Waals surface area contributed by atoms with E-state index in [2.05, 4.69) is 5.32 Å². The van der Waals surface area contributed by atoms with Gasteiger partial charge in [-0.3, -0.25) is 4.79 Å². The van der Waals surface area contributed by atoms with Gasteiger partial charge in [0.15, 0.2) is 5.79 Å². The Bertz CT molecular complexity index is 487. The van der Waals surface area contributed by atoms with Crippen molar-refractivity contribution in [2.75, 3.05) is 13.2 Å². The SMILES string of the molecule is CCC1(CC(=O)NCc2ccc(F)cc2F)OCCO1. The van der Waals surface area contributed by atoms with Crippen LogP contribution in [0.1, 0.15) is 25.3 Å². The zero-order valence-corrected chi connectivity index (χ0v) is 11.2. The fourth-order valence-corrected chi connectivity index (χ4v) is 2.09. The lowest BCUT2D eigenvalue weighted by Crippen LogP contribution is -2.37. The summed E-state index contributed by atoms with van der Waals surface area (Å²) < 4.78 is 37.0. The molecule has 1 N–H and O–H groups in total. The van der Waals surface area contributed by atoms with E-state index in [1.807, 2.05) is 6.92 Å². The number of benzene rings is 1. The van der Waals surface area contributed by atoms with Crippen molar-refractivity contribution in [3.8, 4) is 0 Å². The van der Waals surface area contributed by atoms with Crippen LogP contribution in [-0.4, -0.2) is 24.9 Å². The fourth-order valence-electron chi connectivity index (χ4n) is 2.09. The van der Waals surface area contributed by atoms with Crippen LogP contribution >= 0.6 is 0 Å². The van der Waals surface area contributed by atoms with Crippen molar-refractivity contribution >= 4 is 5.91 Å². The van der Waals surface area contributed by atoms with Crippen molar-refractivity contribution in [1.82, 2.24) is 5.32 Å². The highest BCUT2D eigenvalue weighted by molar-refractivity contribution is 5.76. The molecule has 1 aromatic carbocycles. The van der Waals surface area contributed by atoms with E-state index in [1.165, 1.54) is 6.07 Å². The quantitative estimate of drug-likeness (QED) is 0.901. The third-order valence-electron chi connectivity index (χ3n) is 3.27. The molecular weight excluding hydrogens is 268 g/mol. The maximum absolute atomic E-state index is 13.4. The third kappa shape index (κ3) is 3.52. The highest BCUT2D eigenvalue weighted by Crippen LogP contribution is 2.26. The summed E-state index contributed by atoms with van der Waals surface area (Å²) in [4.78, 5) is 11.8. The Morgan fingerprint density at radius 2 is 2.05 bits per heavy atom. The first-order valence-corrected chi connectivity index (χ1v) is 6.53. The second-order valence-corrected chi connectivity index (χ2v) is 4.65. The van der Waals surface area contributed by atoms with Crippen molar-refractivity contribution < 1.29 is 23.0 Å². The van der Waals surface area contributed by atoms with Crippen molar-refractivity contribution in [3.05, 3.63) is 35.4 Å². The minimum absolute atomic E-state index is 0.00470. The first-order valence-electron chi connectivity index (χ1n) is 6.53. The molecule has 110 valence electrons. The molecule has 1 fully saturated rings. The number of amides is 1. The molecular formula is C14H17F2NO3. The van der Waals surface area contributed by atoms with Crippen molar-refractivity contribution in [1.29, 1.82) is 0 Å². The Labute approximate surface area is 116 Å². The number of carbonyl (C=O) groups excluding carboxylic acids is 1. The van der Waals surface area contributed by atoms with Gasteiger partial charge in [-0.2, -0.15) is 0 Å². The predicted molar refractivity (Wildman–Crippen MR) is 67.7 cm³/mol. The van der Waals surface area contributed by atoms with E-state index in [4.69, 9.17) is 9.47 Å². The number of hydrogen-bond acceptors (Lipinski definition) is 3. The Kier molecular flexibility index (Phi) is 4.67. The molecule has 0 radical (unpaired) electrons. The van der Waals surface area contributed by atoms with Crippen LogP contribution in [0.15, 0.2) is 18.2 Å². The highest BCUT2D eigenvalue weighted by atomic mass is 19.1. The zero-order chi connectivity index (χ0) is 14.6. The van der Waals surface area contributed by atoms with Crippen LogP contribution in [0.5, 0.6) is 0 Å². The van der Waals surface area contributed by atoms with E-state index < -0.39 is 17.4 Å². The van der Waals surface area contributed by atoms with Gasteiger partial charge in [0.05, 0.1) is 19.6 Å². The molecule has 0 atom stereocenters. The zero-order valence-electron chi connectivity index (χ0n) is 11.2. The van der Waals surface area contributed by atoms with Crippen LogP contribution in [-0.2, 0) is 20.8 Å². The van der Waals surface area contributed by atoms with Gasteiger partial charge in [-0.25, -0.2) is 8.78 Å². The molecule has 6 heteroatoms. The molecule has 1 amide bonds. The normalized spacial score (nSPS) is 17.1. The van der Waals surface area contributed by atoms with Gasteiger partial charge in [0.25, 0.3) is 0 Å². The van der Waals surface area contributed by atoms with Crippen LogP contribution in [0, 0.1) is 11.6 Å². The maximum atomic E-state index is 13.4. The van der Waals surface area contributed by atoms with E-state index in [0.717, 1.165) is 12.1 Å². The first kappa shape index (κ1) is 14.9. The van der Waals surface area contributed by atoms with Crippen molar-refractivity contribution in [2.45, 2.75) is 32.1 Å². The summed E-state index contributed by atoms with van der Waals surface area (Å²) in [6, 6.07) is 3.25. The van der Waals surface area contributed by atoms with Gasteiger partial charge in [0, 0.05) is 18.2 Å². The van der Waals surface area contributed by atoms with Gasteiger partial charge in [-0.1, -0.05) is 13.0 Å². The Balaban J connectivity index is 1.89. The number of carbonyl (C=O) groups is 1. The number of hydrogen-bond donors (Lipinski definition) is 1. The van der Waals surface area contributed by atoms with Gasteiger partial charge in [0.1, 0.15) is 11.6 Å². The van der Waals surface area contributed by atoms with Gasteiger partial charge in [-0.15, -0.1) is 0 Å². The van der Waals surface area contributed by atoms with Gasteiger partial charge in [0.2, 0.25) is 5.91 Å². The van der Waals surface area contributed by atoms with Crippen molar-refractivity contribution in [2.24, 2.45) is 0 Å². The molecule has 0 aromatic heterocycles. The second kappa shape index (κ2) is 6.28. The number of nitrogens with one attached hydrogen (secondary N) is 1. The monoisotopic (exact) mass is 285 g/mol. The molecule has 4 nitrogen and oxygen atoms in total. The van der Waals surface area contributed by atoms with Crippen LogP contribution in [0.4, 0.5) is 8.78 Å². The minimum atomic E-state index is -0.870. The first-order chi connectivity index (χ1) is 9.54. The molecule has 1 saturated heterocycles. The smallest absolute Gasteiger partial charge is 0.225 e. The van der Waals surface area contributed by atoms with Crippen LogP contribution in [0.2, 0.25) is 0 Å². The molecule has 20 heavy (non-hydrogen) atoms. The van der Waals surface area contributed by atoms with E-state index in [-0.39, 0.29) is 24.4 Å². The summed E-state index contributed by atoms with van der Waals surface area (Å²) in [7, 11) is 0. The van der Waals surface area contributed by atoms with Crippen molar-refractivity contribution in [3.63, 3.8) is 0 Å². The molecule has 0 unspecified atom stereocenters. The minimum Gasteiger partial charge on any atom is -0.352 e. The average Bonchev–Trinajstić information content (AvgIpc) is 2.87. The summed E-state index contributed by atoms with van der Waals surface area (Å²) in [5.41, 5.74) is 0.235. The molecule has 2 rings (SSSR count).